The summed E-state index contributed by atoms with van der Waals surface area (Å²) in [5.41, 5.74) is 2.44. The van der Waals surface area contributed by atoms with Crippen molar-refractivity contribution in [1.82, 2.24) is 0 Å². The summed E-state index contributed by atoms with van der Waals surface area (Å²) in [6.07, 6.45) is 0.0381. The molecule has 1 N–H and O–H groups in total. The van der Waals surface area contributed by atoms with E-state index in [-0.39, 0.29) is 11.0 Å². The lowest BCUT2D eigenvalue weighted by Gasteiger charge is -2.29. The Hall–Kier alpha value is -2.25. The number of benzene rings is 2. The lowest BCUT2D eigenvalue weighted by molar-refractivity contribution is 0.122. The molecule has 146 valence electrons. The van der Waals surface area contributed by atoms with Crippen molar-refractivity contribution in [2.24, 2.45) is 0 Å². The van der Waals surface area contributed by atoms with E-state index in [1.54, 1.807) is 24.3 Å². The van der Waals surface area contributed by atoms with Crippen LogP contribution in [0, 0.1) is 6.92 Å². The van der Waals surface area contributed by atoms with Gasteiger partial charge < -0.3 is 14.4 Å². The first-order valence-electron chi connectivity index (χ1n) is 9.08. The molecular formula is C20H26N2O4S. The molecule has 1 aliphatic heterocycles. The van der Waals surface area contributed by atoms with Gasteiger partial charge >= 0.3 is 0 Å². The summed E-state index contributed by atoms with van der Waals surface area (Å²) < 4.78 is 39.2. The summed E-state index contributed by atoms with van der Waals surface area (Å²) in [7, 11) is -3.68. The maximum atomic E-state index is 12.8. The van der Waals surface area contributed by atoms with Gasteiger partial charge in [-0.25, -0.2) is 8.42 Å². The van der Waals surface area contributed by atoms with Crippen LogP contribution in [0.3, 0.4) is 0 Å². The predicted molar refractivity (Wildman–Crippen MR) is 107 cm³/mol. The Bertz CT molecular complexity index is 873. The molecule has 0 aromatic heterocycles. The number of sulfonamides is 1. The van der Waals surface area contributed by atoms with Gasteiger partial charge in [-0.05, 0) is 62.7 Å². The van der Waals surface area contributed by atoms with Gasteiger partial charge in [0.1, 0.15) is 5.75 Å². The number of ether oxygens (including phenoxy) is 2. The van der Waals surface area contributed by atoms with Gasteiger partial charge in [-0.1, -0.05) is 6.07 Å². The first-order chi connectivity index (χ1) is 12.8. The molecule has 0 amide bonds. The van der Waals surface area contributed by atoms with Gasteiger partial charge in [0, 0.05) is 18.8 Å². The van der Waals surface area contributed by atoms with Crippen LogP contribution in [0.4, 0.5) is 11.4 Å². The van der Waals surface area contributed by atoms with Crippen LogP contribution >= 0.6 is 0 Å². The van der Waals surface area contributed by atoms with Crippen molar-refractivity contribution in [2.45, 2.75) is 31.8 Å². The molecule has 0 bridgehead atoms. The number of rotatable bonds is 6. The number of aryl methyl sites for hydroxylation is 1. The average molecular weight is 391 g/mol. The fourth-order valence-corrected chi connectivity index (χ4v) is 4.03. The van der Waals surface area contributed by atoms with Crippen molar-refractivity contribution in [3.05, 3.63) is 48.0 Å². The molecule has 1 aliphatic rings. The van der Waals surface area contributed by atoms with E-state index in [0.29, 0.717) is 24.7 Å². The van der Waals surface area contributed by atoms with Crippen LogP contribution < -0.4 is 14.4 Å². The molecule has 7 heteroatoms. The summed E-state index contributed by atoms with van der Waals surface area (Å²) >= 11 is 0. The van der Waals surface area contributed by atoms with E-state index < -0.39 is 10.0 Å². The summed E-state index contributed by atoms with van der Waals surface area (Å²) in [4.78, 5) is 2.40. The highest BCUT2D eigenvalue weighted by Gasteiger charge is 2.18. The largest absolute Gasteiger partial charge is 0.491 e. The highest BCUT2D eigenvalue weighted by molar-refractivity contribution is 7.92. The zero-order chi connectivity index (χ0) is 19.4. The van der Waals surface area contributed by atoms with Crippen molar-refractivity contribution >= 4 is 21.4 Å². The molecule has 1 saturated heterocycles. The number of anilines is 2. The lowest BCUT2D eigenvalue weighted by atomic mass is 10.1. The summed E-state index contributed by atoms with van der Waals surface area (Å²) in [6, 6.07) is 12.3. The number of nitrogens with one attached hydrogen (secondary N) is 1. The van der Waals surface area contributed by atoms with Gasteiger partial charge in [0.25, 0.3) is 10.0 Å². The van der Waals surface area contributed by atoms with E-state index in [1.807, 2.05) is 39.0 Å². The zero-order valence-corrected chi connectivity index (χ0v) is 16.8. The van der Waals surface area contributed by atoms with Gasteiger partial charge in [-0.3, -0.25) is 4.72 Å². The Labute approximate surface area is 161 Å². The number of morpholine rings is 1. The fourth-order valence-electron chi connectivity index (χ4n) is 2.91. The number of nitrogens with zero attached hydrogens (tertiary/aromatic N) is 1. The molecule has 27 heavy (non-hydrogen) atoms. The lowest BCUT2D eigenvalue weighted by Crippen LogP contribution is -2.36. The van der Waals surface area contributed by atoms with Gasteiger partial charge in [-0.2, -0.15) is 0 Å². The smallest absolute Gasteiger partial charge is 0.261 e. The highest BCUT2D eigenvalue weighted by atomic mass is 32.2. The summed E-state index contributed by atoms with van der Waals surface area (Å²) in [6.45, 7) is 8.70. The van der Waals surface area contributed by atoms with Gasteiger partial charge in [0.05, 0.1) is 29.9 Å². The first kappa shape index (κ1) is 19.5. The van der Waals surface area contributed by atoms with Gasteiger partial charge in [0.15, 0.2) is 0 Å². The van der Waals surface area contributed by atoms with E-state index in [0.717, 1.165) is 24.3 Å². The maximum Gasteiger partial charge on any atom is 0.261 e. The molecule has 1 fully saturated rings. The number of hydrogen-bond donors (Lipinski definition) is 1. The van der Waals surface area contributed by atoms with Crippen molar-refractivity contribution in [3.63, 3.8) is 0 Å². The predicted octanol–water partition coefficient (Wildman–Crippen LogP) is 3.42. The second-order valence-electron chi connectivity index (χ2n) is 6.84. The third-order valence-corrected chi connectivity index (χ3v) is 5.73. The zero-order valence-electron chi connectivity index (χ0n) is 15.9. The molecular weight excluding hydrogens is 364 g/mol. The van der Waals surface area contributed by atoms with Crippen LogP contribution in [0.15, 0.2) is 47.4 Å². The van der Waals surface area contributed by atoms with Gasteiger partial charge in [-0.15, -0.1) is 0 Å². The molecule has 1 heterocycles. The van der Waals surface area contributed by atoms with E-state index in [1.165, 1.54) is 0 Å². The van der Waals surface area contributed by atoms with Crippen molar-refractivity contribution in [1.29, 1.82) is 0 Å². The molecule has 0 saturated carbocycles. The second-order valence-corrected chi connectivity index (χ2v) is 8.52. The minimum atomic E-state index is -3.68. The molecule has 0 aliphatic carbocycles. The normalized spacial score (nSPS) is 15.0. The fraction of sp³-hybridized carbons (Fsp3) is 0.400. The Morgan fingerprint density at radius 3 is 2.37 bits per heavy atom. The quantitative estimate of drug-likeness (QED) is 0.819. The Balaban J connectivity index is 1.80. The number of hydrogen-bond acceptors (Lipinski definition) is 5. The van der Waals surface area contributed by atoms with Crippen LogP contribution in [0.25, 0.3) is 0 Å². The second kappa shape index (κ2) is 8.19. The van der Waals surface area contributed by atoms with Crippen LogP contribution in [-0.2, 0) is 14.8 Å². The van der Waals surface area contributed by atoms with Crippen molar-refractivity contribution in [3.8, 4) is 5.75 Å². The molecule has 0 unspecified atom stereocenters. The first-order valence-corrected chi connectivity index (χ1v) is 10.6. The van der Waals surface area contributed by atoms with Crippen molar-refractivity contribution in [2.75, 3.05) is 35.9 Å². The van der Waals surface area contributed by atoms with Gasteiger partial charge in [0.2, 0.25) is 0 Å². The maximum absolute atomic E-state index is 12.8. The van der Waals surface area contributed by atoms with E-state index in [4.69, 9.17) is 9.47 Å². The Kier molecular flexibility index (Phi) is 5.92. The minimum absolute atomic E-state index is 0.0381. The Morgan fingerprint density at radius 1 is 1.07 bits per heavy atom. The third kappa shape index (κ3) is 4.93. The molecule has 2 aromatic rings. The van der Waals surface area contributed by atoms with E-state index >= 15 is 0 Å². The Morgan fingerprint density at radius 2 is 1.74 bits per heavy atom. The monoisotopic (exact) mass is 390 g/mol. The van der Waals surface area contributed by atoms with E-state index in [2.05, 4.69) is 9.62 Å². The van der Waals surface area contributed by atoms with E-state index in [9.17, 15) is 8.42 Å². The van der Waals surface area contributed by atoms with Crippen LogP contribution in [0.2, 0.25) is 0 Å². The van der Waals surface area contributed by atoms with Crippen LogP contribution in [0.1, 0.15) is 19.4 Å². The highest BCUT2D eigenvalue weighted by Crippen LogP contribution is 2.27. The van der Waals surface area contributed by atoms with Crippen molar-refractivity contribution < 1.29 is 17.9 Å². The van der Waals surface area contributed by atoms with Crippen LogP contribution in [0.5, 0.6) is 5.75 Å². The molecule has 3 rings (SSSR count). The summed E-state index contributed by atoms with van der Waals surface area (Å²) in [5, 5.41) is 0. The average Bonchev–Trinajstić information content (AvgIpc) is 2.64. The molecule has 6 nitrogen and oxygen atoms in total. The third-order valence-electron chi connectivity index (χ3n) is 4.35. The SMILES string of the molecule is Cc1ccc(N2CCOCC2)cc1NS(=O)(=O)c1ccc(OC(C)C)cc1. The molecule has 0 radical (unpaired) electrons. The molecule has 0 spiro atoms. The minimum Gasteiger partial charge on any atom is -0.491 e. The topological polar surface area (TPSA) is 67.9 Å². The molecule has 2 aromatic carbocycles. The van der Waals surface area contributed by atoms with Crippen LogP contribution in [-0.4, -0.2) is 40.8 Å². The molecule has 0 atom stereocenters. The summed E-state index contributed by atoms with van der Waals surface area (Å²) in [5.74, 6) is 0.648. The standard InChI is InChI=1S/C20H26N2O4S/c1-15(2)26-18-6-8-19(9-7-18)27(23,24)21-20-14-17(5-4-16(20)3)22-10-12-25-13-11-22/h4-9,14-15,21H,10-13H2,1-3H3.